The van der Waals surface area contributed by atoms with Crippen molar-refractivity contribution in [2.75, 3.05) is 0 Å². The van der Waals surface area contributed by atoms with Crippen molar-refractivity contribution in [2.24, 2.45) is 0 Å². The summed E-state index contributed by atoms with van der Waals surface area (Å²) in [6.07, 6.45) is 1.30. The highest BCUT2D eigenvalue weighted by Crippen LogP contribution is 2.34. The van der Waals surface area contributed by atoms with Crippen molar-refractivity contribution in [2.45, 2.75) is 57.6 Å². The number of carbonyl (C=O) groups excluding carboxylic acids is 1. The quantitative estimate of drug-likeness (QED) is 0.834. The molecule has 0 aliphatic heterocycles. The van der Waals surface area contributed by atoms with Crippen LogP contribution in [0.5, 0.6) is 0 Å². The van der Waals surface area contributed by atoms with E-state index in [2.05, 4.69) is 0 Å². The Hall–Kier alpha value is -1.17. The van der Waals surface area contributed by atoms with Gasteiger partial charge in [-0.05, 0) is 46.1 Å². The number of hydrogen-bond acceptors (Lipinski definition) is 4. The van der Waals surface area contributed by atoms with E-state index < -0.39 is 24.1 Å². The lowest BCUT2D eigenvalue weighted by Gasteiger charge is -2.39. The van der Waals surface area contributed by atoms with Crippen molar-refractivity contribution in [1.29, 1.82) is 0 Å². The second-order valence-electron chi connectivity index (χ2n) is 6.74. The fourth-order valence-corrected chi connectivity index (χ4v) is 2.42. The largest absolute Gasteiger partial charge is 0.466 e. The Balaban J connectivity index is 2.15. The highest BCUT2D eigenvalue weighted by atomic mass is 16.5. The van der Waals surface area contributed by atoms with Gasteiger partial charge in [0.15, 0.2) is 5.78 Å². The van der Waals surface area contributed by atoms with Gasteiger partial charge in [0, 0.05) is 5.56 Å². The Morgan fingerprint density at radius 2 is 1.86 bits per heavy atom. The van der Waals surface area contributed by atoms with Gasteiger partial charge in [0.25, 0.3) is 0 Å². The van der Waals surface area contributed by atoms with Crippen LogP contribution in [0.3, 0.4) is 0 Å². The Bertz CT molecular complexity index is 533. The molecule has 2 N–H and O–H groups in total. The number of aryl methyl sites for hydroxylation is 1. The maximum atomic E-state index is 12.5. The van der Waals surface area contributed by atoms with Crippen molar-refractivity contribution in [1.82, 2.24) is 0 Å². The van der Waals surface area contributed by atoms with E-state index in [0.717, 1.165) is 12.0 Å². The van der Waals surface area contributed by atoms with Crippen molar-refractivity contribution < 1.29 is 19.6 Å². The van der Waals surface area contributed by atoms with Gasteiger partial charge in [-0.2, -0.15) is 0 Å². The molecule has 114 valence electrons. The third-order valence-corrected chi connectivity index (χ3v) is 4.58. The lowest BCUT2D eigenvalue weighted by molar-refractivity contribution is -0.101. The highest BCUT2D eigenvalue weighted by molar-refractivity contribution is 6.52. The van der Waals surface area contributed by atoms with Gasteiger partial charge in [-0.1, -0.05) is 24.3 Å². The van der Waals surface area contributed by atoms with Gasteiger partial charge in [0.1, 0.15) is 0 Å². The number of rotatable bonds is 4. The summed E-state index contributed by atoms with van der Waals surface area (Å²) in [6.45, 7) is 6.66. The maximum absolute atomic E-state index is 12.5. The average Bonchev–Trinajstić information content (AvgIpc) is 2.37. The molecule has 0 aromatic heterocycles. The fourth-order valence-electron chi connectivity index (χ4n) is 2.42. The van der Waals surface area contributed by atoms with Gasteiger partial charge in [-0.15, -0.1) is 0 Å². The summed E-state index contributed by atoms with van der Waals surface area (Å²) in [5.74, 6) is -0.669. The molecule has 1 aromatic carbocycles. The van der Waals surface area contributed by atoms with E-state index in [9.17, 15) is 14.9 Å². The zero-order valence-electron chi connectivity index (χ0n) is 13.1. The van der Waals surface area contributed by atoms with Crippen LogP contribution in [-0.2, 0) is 11.1 Å². The minimum atomic E-state index is -1.22. The van der Waals surface area contributed by atoms with Crippen molar-refractivity contribution >= 4 is 12.9 Å². The molecule has 0 amide bonds. The van der Waals surface area contributed by atoms with Gasteiger partial charge < -0.3 is 14.8 Å². The molecule has 0 bridgehead atoms. The Kier molecular flexibility index (Phi) is 4.29. The molecule has 1 atom stereocenters. The summed E-state index contributed by atoms with van der Waals surface area (Å²) in [4.78, 5) is 12.5. The van der Waals surface area contributed by atoms with E-state index in [0.29, 0.717) is 12.0 Å². The Morgan fingerprint density at radius 1 is 1.24 bits per heavy atom. The number of ketones is 1. The monoisotopic (exact) mass is 290 g/mol. The molecular weight excluding hydrogens is 267 g/mol. The third kappa shape index (κ3) is 3.20. The van der Waals surface area contributed by atoms with Crippen LogP contribution in [0.2, 0.25) is 5.82 Å². The third-order valence-electron chi connectivity index (χ3n) is 4.58. The molecule has 2 rings (SSSR count). The number of aliphatic hydroxyl groups is 1. The predicted molar refractivity (Wildman–Crippen MR) is 82.3 cm³/mol. The molecule has 0 saturated heterocycles. The molecule has 0 fully saturated rings. The minimum absolute atomic E-state index is 0.0871. The highest BCUT2D eigenvalue weighted by Gasteiger charge is 2.44. The molecule has 4 nitrogen and oxygen atoms in total. The van der Waals surface area contributed by atoms with Crippen LogP contribution in [0.1, 0.15) is 50.0 Å². The van der Waals surface area contributed by atoms with Crippen LogP contribution in [0.25, 0.3) is 0 Å². The lowest BCUT2D eigenvalue weighted by atomic mass is 9.62. The smallest absolute Gasteiger partial charge is 0.426 e. The summed E-state index contributed by atoms with van der Waals surface area (Å²) >= 11 is 0. The second-order valence-corrected chi connectivity index (χ2v) is 6.74. The van der Waals surface area contributed by atoms with Gasteiger partial charge in [-0.25, -0.2) is 0 Å². The van der Waals surface area contributed by atoms with Crippen LogP contribution in [0.15, 0.2) is 24.3 Å². The molecule has 0 radical (unpaired) electrons. The van der Waals surface area contributed by atoms with Crippen molar-refractivity contribution in [3.05, 3.63) is 35.4 Å². The van der Waals surface area contributed by atoms with Gasteiger partial charge in [0.05, 0.1) is 17.0 Å². The summed E-state index contributed by atoms with van der Waals surface area (Å²) < 4.78 is 5.61. The van der Waals surface area contributed by atoms with Crippen LogP contribution in [0.4, 0.5) is 0 Å². The first-order valence-corrected chi connectivity index (χ1v) is 7.34. The lowest BCUT2D eigenvalue weighted by Crippen LogP contribution is -2.52. The van der Waals surface area contributed by atoms with E-state index in [1.54, 1.807) is 33.8 Å². The van der Waals surface area contributed by atoms with Gasteiger partial charge in [-0.3, -0.25) is 4.79 Å². The summed E-state index contributed by atoms with van der Waals surface area (Å²) in [7, 11) is -1.22. The topological polar surface area (TPSA) is 66.8 Å². The minimum Gasteiger partial charge on any atom is -0.426 e. The second kappa shape index (κ2) is 5.56. The Morgan fingerprint density at radius 3 is 2.48 bits per heavy atom. The standard InChI is InChI=1S/C16H23BO4/c1-15(2,19)16(3,4)21-17(20)13-10-9-11-7-5-6-8-12(11)14(13)18/h5-8,13,19-20H,9-10H2,1-4H3. The van der Waals surface area contributed by atoms with Gasteiger partial charge in [0.2, 0.25) is 0 Å². The number of fused-ring (bicyclic) bond motifs is 1. The molecule has 0 spiro atoms. The molecule has 0 heterocycles. The zero-order valence-corrected chi connectivity index (χ0v) is 13.1. The number of carbonyl (C=O) groups is 1. The van der Waals surface area contributed by atoms with Crippen LogP contribution in [-0.4, -0.2) is 34.2 Å². The predicted octanol–water partition coefficient (Wildman–Crippen LogP) is 2.23. The molecule has 1 aromatic rings. The molecule has 21 heavy (non-hydrogen) atoms. The molecule has 1 unspecified atom stereocenters. The molecule has 1 aliphatic rings. The summed E-state index contributed by atoms with van der Waals surface area (Å²) in [5, 5.41) is 20.4. The Labute approximate surface area is 126 Å². The summed E-state index contributed by atoms with van der Waals surface area (Å²) in [5.41, 5.74) is -0.391. The number of hydrogen-bond donors (Lipinski definition) is 2. The molecule has 1 aliphatic carbocycles. The van der Waals surface area contributed by atoms with Crippen LogP contribution >= 0.6 is 0 Å². The first-order chi connectivity index (χ1) is 9.63. The van der Waals surface area contributed by atoms with E-state index in [4.69, 9.17) is 4.65 Å². The summed E-state index contributed by atoms with van der Waals surface area (Å²) in [6, 6.07) is 7.47. The molecular formula is C16H23BO4. The fraction of sp³-hybridized carbons (Fsp3) is 0.562. The van der Waals surface area contributed by atoms with Crippen molar-refractivity contribution in [3.63, 3.8) is 0 Å². The van der Waals surface area contributed by atoms with Crippen LogP contribution in [0, 0.1) is 0 Å². The first-order valence-electron chi connectivity index (χ1n) is 7.34. The van der Waals surface area contributed by atoms with E-state index >= 15 is 0 Å². The van der Waals surface area contributed by atoms with E-state index in [1.165, 1.54) is 0 Å². The number of Topliss-reactive ketones (excluding diaryl/α,β-unsaturated/α-hetero) is 1. The van der Waals surface area contributed by atoms with Crippen LogP contribution < -0.4 is 0 Å². The SMILES string of the molecule is CC(C)(O)C(C)(C)OB(O)C1CCc2ccccc2C1=O. The molecule has 0 saturated carbocycles. The van der Waals surface area contributed by atoms with Crippen molar-refractivity contribution in [3.8, 4) is 0 Å². The molecule has 5 heteroatoms. The number of benzene rings is 1. The van der Waals surface area contributed by atoms with E-state index in [1.807, 2.05) is 18.2 Å². The van der Waals surface area contributed by atoms with Gasteiger partial charge >= 0.3 is 7.12 Å². The first kappa shape index (κ1) is 16.2. The van der Waals surface area contributed by atoms with E-state index in [-0.39, 0.29) is 5.78 Å². The zero-order chi connectivity index (χ0) is 15.8. The maximum Gasteiger partial charge on any atom is 0.466 e. The average molecular weight is 290 g/mol. The normalized spacial score (nSPS) is 19.3.